The fraction of sp³-hybridized carbons (Fsp3) is 0.826. The molecule has 0 aromatic carbocycles. The van der Waals surface area contributed by atoms with Crippen LogP contribution in [0.3, 0.4) is 0 Å². The number of rotatable bonds is 9. The standard InChI is InChI=1S/C23H40O9/c1-12(25)15(4-2-13-6-17(26)22(31)18(27)7-13)10-16(21(30)11-24)5-3-14-8-19(28)23(32)20(29)9-14/h2-5,12-32H,6-11H2,1H3/b4-2+,5-3+. The molecule has 0 aromatic heterocycles. The normalized spacial score (nSPS) is 40.4. The highest BCUT2D eigenvalue weighted by Crippen LogP contribution is 2.30. The summed E-state index contributed by atoms with van der Waals surface area (Å²) in [4.78, 5) is 0. The average Bonchev–Trinajstić information content (AvgIpc) is 2.74. The predicted molar refractivity (Wildman–Crippen MR) is 116 cm³/mol. The van der Waals surface area contributed by atoms with Crippen molar-refractivity contribution in [2.24, 2.45) is 23.7 Å². The highest BCUT2D eigenvalue weighted by atomic mass is 16.4. The zero-order valence-corrected chi connectivity index (χ0v) is 18.5. The van der Waals surface area contributed by atoms with Gasteiger partial charge >= 0.3 is 0 Å². The summed E-state index contributed by atoms with van der Waals surface area (Å²) in [5.41, 5.74) is 0. The third-order valence-electron chi connectivity index (χ3n) is 6.86. The van der Waals surface area contributed by atoms with E-state index in [1.54, 1.807) is 31.2 Å². The van der Waals surface area contributed by atoms with Gasteiger partial charge in [-0.2, -0.15) is 0 Å². The minimum absolute atomic E-state index is 0.168. The van der Waals surface area contributed by atoms with Gasteiger partial charge in [0.2, 0.25) is 0 Å². The van der Waals surface area contributed by atoms with Crippen LogP contribution < -0.4 is 0 Å². The average molecular weight is 461 g/mol. The number of aliphatic hydroxyl groups excluding tert-OH is 9. The van der Waals surface area contributed by atoms with Crippen LogP contribution in [-0.2, 0) is 0 Å². The summed E-state index contributed by atoms with van der Waals surface area (Å²) in [6.45, 7) is 1.14. The first-order chi connectivity index (χ1) is 15.0. The highest BCUT2D eigenvalue weighted by Gasteiger charge is 2.35. The van der Waals surface area contributed by atoms with Crippen LogP contribution in [0.25, 0.3) is 0 Å². The molecular formula is C23H40O9. The number of hydrogen-bond acceptors (Lipinski definition) is 9. The Balaban J connectivity index is 2.06. The molecule has 8 unspecified atom stereocenters. The summed E-state index contributed by atoms with van der Waals surface area (Å²) >= 11 is 0. The summed E-state index contributed by atoms with van der Waals surface area (Å²) in [7, 11) is 0. The van der Waals surface area contributed by atoms with Crippen molar-refractivity contribution in [1.82, 2.24) is 0 Å². The molecule has 0 aromatic rings. The molecule has 2 fully saturated rings. The van der Waals surface area contributed by atoms with Crippen molar-refractivity contribution >= 4 is 0 Å². The molecule has 2 saturated carbocycles. The molecule has 186 valence electrons. The van der Waals surface area contributed by atoms with Crippen LogP contribution in [0.15, 0.2) is 24.3 Å². The monoisotopic (exact) mass is 460 g/mol. The highest BCUT2D eigenvalue weighted by molar-refractivity contribution is 5.04. The molecule has 0 aliphatic heterocycles. The molecule has 9 nitrogen and oxygen atoms in total. The summed E-state index contributed by atoms with van der Waals surface area (Å²) in [6, 6.07) is 0. The maximum atomic E-state index is 10.3. The maximum Gasteiger partial charge on any atom is 0.106 e. The molecule has 0 spiro atoms. The zero-order chi connectivity index (χ0) is 24.0. The Bertz CT molecular complexity index is 586. The van der Waals surface area contributed by atoms with E-state index in [2.05, 4.69) is 0 Å². The van der Waals surface area contributed by atoms with E-state index in [9.17, 15) is 46.0 Å². The van der Waals surface area contributed by atoms with Crippen molar-refractivity contribution in [2.45, 2.75) is 87.9 Å². The third kappa shape index (κ3) is 7.58. The molecule has 0 radical (unpaired) electrons. The lowest BCUT2D eigenvalue weighted by molar-refractivity contribution is -0.0942. The largest absolute Gasteiger partial charge is 0.394 e. The number of aliphatic hydroxyl groups is 9. The van der Waals surface area contributed by atoms with Gasteiger partial charge in [-0.05, 0) is 50.9 Å². The van der Waals surface area contributed by atoms with Gasteiger partial charge in [-0.15, -0.1) is 0 Å². The van der Waals surface area contributed by atoms with Crippen LogP contribution in [0.4, 0.5) is 0 Å². The summed E-state index contributed by atoms with van der Waals surface area (Å²) in [5.74, 6) is -1.25. The van der Waals surface area contributed by atoms with Gasteiger partial charge in [0.05, 0.1) is 43.2 Å². The van der Waals surface area contributed by atoms with Crippen LogP contribution in [-0.4, -0.2) is 101 Å². The molecule has 0 bridgehead atoms. The van der Waals surface area contributed by atoms with E-state index in [0.29, 0.717) is 19.3 Å². The second-order valence-corrected chi connectivity index (χ2v) is 9.54. The van der Waals surface area contributed by atoms with Crippen LogP contribution in [0.5, 0.6) is 0 Å². The molecule has 8 atom stereocenters. The van der Waals surface area contributed by atoms with Gasteiger partial charge < -0.3 is 46.0 Å². The SMILES string of the molecule is CC(O)C(/C=C/C1CC(O)C(O)C(O)C1)CC(/C=C/C1CC(O)C(O)C(O)C1)C(O)CO. The topological polar surface area (TPSA) is 182 Å². The molecular weight excluding hydrogens is 420 g/mol. The third-order valence-corrected chi connectivity index (χ3v) is 6.86. The maximum absolute atomic E-state index is 10.3. The Morgan fingerprint density at radius 2 is 1.06 bits per heavy atom. The minimum Gasteiger partial charge on any atom is -0.394 e. The first-order valence-corrected chi connectivity index (χ1v) is 11.4. The second kappa shape index (κ2) is 12.5. The molecule has 2 rings (SSSR count). The fourth-order valence-corrected chi connectivity index (χ4v) is 4.67. The van der Waals surface area contributed by atoms with Crippen molar-refractivity contribution in [3.63, 3.8) is 0 Å². The van der Waals surface area contributed by atoms with E-state index < -0.39 is 61.4 Å². The molecule has 0 amide bonds. The van der Waals surface area contributed by atoms with E-state index in [-0.39, 0.29) is 30.6 Å². The Morgan fingerprint density at radius 1 is 0.688 bits per heavy atom. The van der Waals surface area contributed by atoms with Gasteiger partial charge in [0.15, 0.2) is 0 Å². The molecule has 32 heavy (non-hydrogen) atoms. The summed E-state index contributed by atoms with van der Waals surface area (Å²) < 4.78 is 0. The smallest absolute Gasteiger partial charge is 0.106 e. The Labute approximate surface area is 189 Å². The first kappa shape index (κ1) is 27.4. The van der Waals surface area contributed by atoms with Gasteiger partial charge in [0.25, 0.3) is 0 Å². The lowest BCUT2D eigenvalue weighted by Crippen LogP contribution is -2.44. The van der Waals surface area contributed by atoms with Crippen LogP contribution in [0, 0.1) is 23.7 Å². The number of allylic oxidation sites excluding steroid dienone is 2. The molecule has 9 N–H and O–H groups in total. The van der Waals surface area contributed by atoms with Crippen LogP contribution >= 0.6 is 0 Å². The van der Waals surface area contributed by atoms with Crippen LogP contribution in [0.2, 0.25) is 0 Å². The quantitative estimate of drug-likeness (QED) is 0.184. The first-order valence-electron chi connectivity index (χ1n) is 11.4. The van der Waals surface area contributed by atoms with Crippen molar-refractivity contribution in [2.75, 3.05) is 6.61 Å². The number of hydrogen-bond donors (Lipinski definition) is 9. The van der Waals surface area contributed by atoms with E-state index in [0.717, 1.165) is 0 Å². The van der Waals surface area contributed by atoms with E-state index in [4.69, 9.17) is 0 Å². The molecule has 0 saturated heterocycles. The minimum atomic E-state index is -1.18. The second-order valence-electron chi connectivity index (χ2n) is 9.54. The van der Waals surface area contributed by atoms with Gasteiger partial charge in [0.1, 0.15) is 12.2 Å². The molecule has 9 heteroatoms. The molecule has 2 aliphatic rings. The van der Waals surface area contributed by atoms with Crippen molar-refractivity contribution in [3.05, 3.63) is 24.3 Å². The predicted octanol–water partition coefficient (Wildman–Crippen LogP) is -1.56. The van der Waals surface area contributed by atoms with Crippen LogP contribution in [0.1, 0.15) is 39.0 Å². The van der Waals surface area contributed by atoms with Crippen molar-refractivity contribution in [1.29, 1.82) is 0 Å². The lowest BCUT2D eigenvalue weighted by Gasteiger charge is -2.33. The Hall–Kier alpha value is -0.880. The molecule has 0 heterocycles. The van der Waals surface area contributed by atoms with Crippen molar-refractivity contribution < 1.29 is 46.0 Å². The van der Waals surface area contributed by atoms with Crippen molar-refractivity contribution in [3.8, 4) is 0 Å². The van der Waals surface area contributed by atoms with E-state index >= 15 is 0 Å². The van der Waals surface area contributed by atoms with E-state index in [1.807, 2.05) is 0 Å². The van der Waals surface area contributed by atoms with Gasteiger partial charge in [-0.25, -0.2) is 0 Å². The fourth-order valence-electron chi connectivity index (χ4n) is 4.67. The molecule has 2 aliphatic carbocycles. The van der Waals surface area contributed by atoms with Gasteiger partial charge in [-0.1, -0.05) is 24.3 Å². The van der Waals surface area contributed by atoms with E-state index in [1.165, 1.54) is 0 Å². The summed E-state index contributed by atoms with van der Waals surface area (Å²) in [6.07, 6.45) is 0.208. The summed E-state index contributed by atoms with van der Waals surface area (Å²) in [5, 5.41) is 88.9. The lowest BCUT2D eigenvalue weighted by atomic mass is 9.80. The van der Waals surface area contributed by atoms with Gasteiger partial charge in [0, 0.05) is 11.8 Å². The Morgan fingerprint density at radius 3 is 1.41 bits per heavy atom. The van der Waals surface area contributed by atoms with Gasteiger partial charge in [-0.3, -0.25) is 0 Å². The zero-order valence-electron chi connectivity index (χ0n) is 18.5. The Kier molecular flexibility index (Phi) is 10.7.